The highest BCUT2D eigenvalue weighted by Gasteiger charge is 2.46. The number of carbonyl (C=O) groups excluding carboxylic acids is 2. The summed E-state index contributed by atoms with van der Waals surface area (Å²) in [5, 5.41) is 8.05. The highest BCUT2D eigenvalue weighted by molar-refractivity contribution is 7.17. The van der Waals surface area contributed by atoms with Gasteiger partial charge in [-0.15, -0.1) is 11.3 Å². The Bertz CT molecular complexity index is 1200. The molecule has 1 unspecified atom stereocenters. The second-order valence-corrected chi connectivity index (χ2v) is 9.69. The predicted octanol–water partition coefficient (Wildman–Crippen LogP) is 3.14. The van der Waals surface area contributed by atoms with Crippen LogP contribution in [0.25, 0.3) is 10.2 Å². The van der Waals surface area contributed by atoms with Gasteiger partial charge in [0, 0.05) is 24.7 Å². The van der Waals surface area contributed by atoms with Crippen LogP contribution < -0.4 is 10.6 Å². The Morgan fingerprint density at radius 2 is 2.06 bits per heavy atom. The molecule has 2 aliphatic rings. The topological polar surface area (TPSA) is 100 Å². The van der Waals surface area contributed by atoms with Crippen LogP contribution >= 0.6 is 11.3 Å². The highest BCUT2D eigenvalue weighted by Crippen LogP contribution is 2.45. The normalized spacial score (nSPS) is 18.2. The smallest absolute Gasteiger partial charge is 0.274 e. The summed E-state index contributed by atoms with van der Waals surface area (Å²) >= 11 is 1.41. The van der Waals surface area contributed by atoms with Crippen molar-refractivity contribution >= 4 is 39.3 Å². The summed E-state index contributed by atoms with van der Waals surface area (Å²) in [4.78, 5) is 40.0. The van der Waals surface area contributed by atoms with E-state index in [1.165, 1.54) is 17.4 Å². The number of nitrogens with zero attached hydrogens (tertiary/aromatic N) is 4. The fourth-order valence-corrected chi connectivity index (χ4v) is 4.49. The molecule has 1 aliphatic carbocycles. The molecule has 3 aromatic rings. The lowest BCUT2D eigenvalue weighted by Crippen LogP contribution is -2.61. The molecule has 2 amide bonds. The zero-order valence-electron chi connectivity index (χ0n) is 17.8. The number of rotatable bonds is 6. The summed E-state index contributed by atoms with van der Waals surface area (Å²) < 4.78 is 14.2. The minimum Gasteiger partial charge on any atom is -0.349 e. The van der Waals surface area contributed by atoms with Gasteiger partial charge in [-0.3, -0.25) is 14.6 Å². The zero-order chi connectivity index (χ0) is 22.5. The summed E-state index contributed by atoms with van der Waals surface area (Å²) in [6.07, 6.45) is 4.57. The van der Waals surface area contributed by atoms with Crippen LogP contribution in [0.1, 0.15) is 48.8 Å². The van der Waals surface area contributed by atoms with Gasteiger partial charge in [-0.25, -0.2) is 14.4 Å². The van der Waals surface area contributed by atoms with Gasteiger partial charge in [-0.05, 0) is 42.8 Å². The van der Waals surface area contributed by atoms with Crippen molar-refractivity contribution in [3.63, 3.8) is 0 Å². The second-order valence-electron chi connectivity index (χ2n) is 8.77. The van der Waals surface area contributed by atoms with Gasteiger partial charge in [0.2, 0.25) is 11.9 Å². The second kappa shape index (κ2) is 7.77. The lowest BCUT2D eigenvalue weighted by molar-refractivity contribution is -0.127. The van der Waals surface area contributed by atoms with Crippen molar-refractivity contribution in [1.82, 2.24) is 25.2 Å². The van der Waals surface area contributed by atoms with Crippen molar-refractivity contribution in [1.29, 1.82) is 0 Å². The molecule has 4 heterocycles. The van der Waals surface area contributed by atoms with Gasteiger partial charge < -0.3 is 15.5 Å². The van der Waals surface area contributed by atoms with Gasteiger partial charge in [0.15, 0.2) is 5.69 Å². The molecule has 1 atom stereocenters. The van der Waals surface area contributed by atoms with E-state index in [0.717, 1.165) is 23.7 Å². The molecule has 166 valence electrons. The molecule has 10 heteroatoms. The van der Waals surface area contributed by atoms with Crippen molar-refractivity contribution < 1.29 is 14.0 Å². The standard InChI is InChI=1S/C22H23FN6O2S/c1-12(13-7-14(23)9-24-8-13)25-21-27-16-3-6-32-18(16)17(28-21)19(30)29-10-15(11-29)26-20(31)22(2)4-5-22/h3,6-9,12,15H,4-5,10-11H2,1-2H3,(H,26,31)(H,25,27,28). The van der Waals surface area contributed by atoms with Crippen LogP contribution in [-0.4, -0.2) is 50.8 Å². The summed E-state index contributed by atoms with van der Waals surface area (Å²) in [5.74, 6) is -0.241. The van der Waals surface area contributed by atoms with E-state index in [0.29, 0.717) is 35.8 Å². The highest BCUT2D eigenvalue weighted by atomic mass is 32.1. The first-order valence-electron chi connectivity index (χ1n) is 10.5. The van der Waals surface area contributed by atoms with Crippen LogP contribution in [0.2, 0.25) is 0 Å². The van der Waals surface area contributed by atoms with E-state index in [1.807, 2.05) is 25.3 Å². The van der Waals surface area contributed by atoms with Crippen LogP contribution in [0.4, 0.5) is 10.3 Å². The van der Waals surface area contributed by atoms with E-state index in [4.69, 9.17) is 0 Å². The van der Waals surface area contributed by atoms with Crippen molar-refractivity contribution in [3.05, 3.63) is 47.0 Å². The van der Waals surface area contributed by atoms with Crippen LogP contribution in [0, 0.1) is 11.2 Å². The maximum absolute atomic E-state index is 13.5. The molecule has 2 N–H and O–H groups in total. The van der Waals surface area contributed by atoms with Gasteiger partial charge in [0.1, 0.15) is 5.82 Å². The summed E-state index contributed by atoms with van der Waals surface area (Å²) in [5.41, 5.74) is 1.43. The molecule has 0 spiro atoms. The lowest BCUT2D eigenvalue weighted by atomic mass is 10.0. The number of pyridine rings is 1. The SMILES string of the molecule is CC(Nc1nc(C(=O)N2CC(NC(=O)C3(C)CC3)C2)c2sccc2n1)c1cncc(F)c1. The van der Waals surface area contributed by atoms with Crippen molar-refractivity contribution in [2.75, 3.05) is 18.4 Å². The first-order chi connectivity index (χ1) is 15.3. The molecule has 2 fully saturated rings. The van der Waals surface area contributed by atoms with E-state index < -0.39 is 5.82 Å². The van der Waals surface area contributed by atoms with E-state index in [-0.39, 0.29) is 29.3 Å². The monoisotopic (exact) mass is 454 g/mol. The van der Waals surface area contributed by atoms with E-state index >= 15 is 0 Å². The molecule has 32 heavy (non-hydrogen) atoms. The molecule has 3 aromatic heterocycles. The molecule has 1 saturated heterocycles. The Hall–Kier alpha value is -3.14. The number of fused-ring (bicyclic) bond motifs is 1. The van der Waals surface area contributed by atoms with Gasteiger partial charge in [0.05, 0.1) is 28.5 Å². The molecule has 1 aliphatic heterocycles. The summed E-state index contributed by atoms with van der Waals surface area (Å²) in [6, 6.07) is 2.91. The Morgan fingerprint density at radius 1 is 1.28 bits per heavy atom. The van der Waals surface area contributed by atoms with Gasteiger partial charge >= 0.3 is 0 Å². The quantitative estimate of drug-likeness (QED) is 0.594. The van der Waals surface area contributed by atoms with Crippen LogP contribution in [0.5, 0.6) is 0 Å². The van der Waals surface area contributed by atoms with Crippen LogP contribution in [-0.2, 0) is 4.79 Å². The predicted molar refractivity (Wildman–Crippen MR) is 119 cm³/mol. The maximum Gasteiger partial charge on any atom is 0.274 e. The first kappa shape index (κ1) is 20.7. The average molecular weight is 455 g/mol. The lowest BCUT2D eigenvalue weighted by Gasteiger charge is -2.39. The number of carbonyl (C=O) groups is 2. The fourth-order valence-electron chi connectivity index (χ4n) is 3.67. The summed E-state index contributed by atoms with van der Waals surface area (Å²) in [6.45, 7) is 4.74. The van der Waals surface area contributed by atoms with Gasteiger partial charge in [-0.2, -0.15) is 0 Å². The number of amides is 2. The largest absolute Gasteiger partial charge is 0.349 e. The first-order valence-corrected chi connectivity index (χ1v) is 11.4. The van der Waals surface area contributed by atoms with Gasteiger partial charge in [0.25, 0.3) is 5.91 Å². The molecule has 0 radical (unpaired) electrons. The fraction of sp³-hybridized carbons (Fsp3) is 0.409. The summed E-state index contributed by atoms with van der Waals surface area (Å²) in [7, 11) is 0. The van der Waals surface area contributed by atoms with E-state index in [9.17, 15) is 14.0 Å². The maximum atomic E-state index is 13.5. The molecule has 5 rings (SSSR count). The number of likely N-dealkylation sites (tertiary alicyclic amines) is 1. The number of nitrogens with one attached hydrogen (secondary N) is 2. The van der Waals surface area contributed by atoms with E-state index in [1.54, 1.807) is 11.1 Å². The van der Waals surface area contributed by atoms with Crippen LogP contribution in [0.3, 0.4) is 0 Å². The Morgan fingerprint density at radius 3 is 2.78 bits per heavy atom. The molecule has 0 aromatic carbocycles. The van der Waals surface area contributed by atoms with Gasteiger partial charge in [-0.1, -0.05) is 6.92 Å². The average Bonchev–Trinajstić information content (AvgIpc) is 3.31. The van der Waals surface area contributed by atoms with E-state index in [2.05, 4.69) is 25.6 Å². The number of aromatic nitrogens is 3. The third kappa shape index (κ3) is 3.90. The Labute approximate surface area is 188 Å². The van der Waals surface area contributed by atoms with Crippen LogP contribution in [0.15, 0.2) is 29.9 Å². The molecule has 0 bridgehead atoms. The van der Waals surface area contributed by atoms with Crippen molar-refractivity contribution in [3.8, 4) is 0 Å². The molecular formula is C22H23FN6O2S. The Balaban J connectivity index is 1.31. The molecule has 8 nitrogen and oxygen atoms in total. The third-order valence-corrected chi connectivity index (χ3v) is 7.04. The number of hydrogen-bond donors (Lipinski definition) is 2. The molecule has 1 saturated carbocycles. The Kier molecular flexibility index (Phi) is 5.04. The number of thiophene rings is 1. The number of anilines is 1. The van der Waals surface area contributed by atoms with Crippen molar-refractivity contribution in [2.45, 2.75) is 38.8 Å². The minimum atomic E-state index is -0.420. The zero-order valence-corrected chi connectivity index (χ0v) is 18.6. The molecular weight excluding hydrogens is 431 g/mol. The number of halogens is 1. The van der Waals surface area contributed by atoms with Crippen molar-refractivity contribution in [2.24, 2.45) is 5.41 Å². The number of hydrogen-bond acceptors (Lipinski definition) is 7. The third-order valence-electron chi connectivity index (χ3n) is 6.13. The minimum absolute atomic E-state index is 0.0253.